The maximum Gasteiger partial charge on any atom is 0.121 e. The number of phenolic OH excluding ortho intramolecular Hbond substituents is 1. The highest BCUT2D eigenvalue weighted by atomic mass is 79.9. The number of hydrogen-bond donors (Lipinski definition) is 2. The molecule has 4 heteroatoms. The van der Waals surface area contributed by atoms with Gasteiger partial charge in [0, 0.05) is 16.6 Å². The Labute approximate surface area is 91.0 Å². The number of fused-ring (bicyclic) bond motifs is 1. The lowest BCUT2D eigenvalue weighted by molar-refractivity contribution is 0.0464. The molecule has 0 spiro atoms. The van der Waals surface area contributed by atoms with Crippen LogP contribution in [0.2, 0.25) is 0 Å². The molecule has 0 fully saturated rings. The van der Waals surface area contributed by atoms with Crippen LogP contribution in [0.3, 0.4) is 0 Å². The van der Waals surface area contributed by atoms with Crippen molar-refractivity contribution in [2.45, 2.75) is 12.5 Å². The average molecular weight is 258 g/mol. The molecule has 3 N–H and O–H groups in total. The zero-order valence-electron chi connectivity index (χ0n) is 7.66. The third-order valence-corrected chi connectivity index (χ3v) is 3.23. The molecule has 1 heterocycles. The SMILES string of the molecule is NCC1OCCc2c(Br)ccc(O)c21. The first-order valence-corrected chi connectivity index (χ1v) is 5.35. The highest BCUT2D eigenvalue weighted by molar-refractivity contribution is 9.10. The fourth-order valence-electron chi connectivity index (χ4n) is 1.81. The van der Waals surface area contributed by atoms with Crippen LogP contribution < -0.4 is 5.73 Å². The molecule has 1 unspecified atom stereocenters. The summed E-state index contributed by atoms with van der Waals surface area (Å²) in [6.07, 6.45) is 0.650. The average Bonchev–Trinajstić information content (AvgIpc) is 2.23. The molecule has 0 amide bonds. The molecule has 1 aliphatic heterocycles. The van der Waals surface area contributed by atoms with E-state index in [1.165, 1.54) is 0 Å². The van der Waals surface area contributed by atoms with E-state index in [9.17, 15) is 5.11 Å². The standard InChI is InChI=1S/C10H12BrNO2/c11-7-1-2-8(13)10-6(7)3-4-14-9(10)5-12/h1-2,9,13H,3-5,12H2. The fraction of sp³-hybridized carbons (Fsp3) is 0.400. The van der Waals surface area contributed by atoms with Gasteiger partial charge in [0.1, 0.15) is 5.75 Å². The van der Waals surface area contributed by atoms with Crippen LogP contribution in [0.1, 0.15) is 17.2 Å². The van der Waals surface area contributed by atoms with Crippen molar-refractivity contribution in [1.29, 1.82) is 0 Å². The Hall–Kier alpha value is -0.580. The summed E-state index contributed by atoms with van der Waals surface area (Å²) in [5.41, 5.74) is 7.54. The van der Waals surface area contributed by atoms with Gasteiger partial charge in [-0.3, -0.25) is 0 Å². The van der Waals surface area contributed by atoms with E-state index < -0.39 is 0 Å². The van der Waals surface area contributed by atoms with Crippen molar-refractivity contribution >= 4 is 15.9 Å². The smallest absolute Gasteiger partial charge is 0.121 e. The normalized spacial score (nSPS) is 20.6. The summed E-state index contributed by atoms with van der Waals surface area (Å²) < 4.78 is 6.50. The van der Waals surface area contributed by atoms with Gasteiger partial charge < -0.3 is 15.6 Å². The number of nitrogens with two attached hydrogens (primary N) is 1. The molecular weight excluding hydrogens is 246 g/mol. The van der Waals surface area contributed by atoms with Gasteiger partial charge in [-0.2, -0.15) is 0 Å². The highest BCUT2D eigenvalue weighted by Gasteiger charge is 2.24. The van der Waals surface area contributed by atoms with Crippen LogP contribution in [0.4, 0.5) is 0 Å². The summed E-state index contributed by atoms with van der Waals surface area (Å²) in [5.74, 6) is 0.276. The molecule has 0 radical (unpaired) electrons. The van der Waals surface area contributed by atoms with Crippen LogP contribution in [0.15, 0.2) is 16.6 Å². The summed E-state index contributed by atoms with van der Waals surface area (Å²) in [4.78, 5) is 0. The number of phenols is 1. The zero-order valence-corrected chi connectivity index (χ0v) is 9.25. The Kier molecular flexibility index (Phi) is 2.76. The zero-order chi connectivity index (χ0) is 10.1. The molecule has 0 aliphatic carbocycles. The number of ether oxygens (including phenoxy) is 1. The number of rotatable bonds is 1. The Balaban J connectivity index is 2.55. The molecule has 1 aromatic carbocycles. The van der Waals surface area contributed by atoms with E-state index >= 15 is 0 Å². The number of hydrogen-bond acceptors (Lipinski definition) is 3. The molecule has 1 aliphatic rings. The Morgan fingerprint density at radius 1 is 1.57 bits per heavy atom. The second kappa shape index (κ2) is 3.88. The molecule has 0 saturated carbocycles. The quantitative estimate of drug-likeness (QED) is 0.806. The summed E-state index contributed by atoms with van der Waals surface area (Å²) in [6.45, 7) is 1.06. The lowest BCUT2D eigenvalue weighted by Crippen LogP contribution is -2.23. The van der Waals surface area contributed by atoms with Crippen LogP contribution >= 0.6 is 15.9 Å². The van der Waals surface area contributed by atoms with E-state index in [0.29, 0.717) is 13.2 Å². The number of halogens is 1. The predicted molar refractivity (Wildman–Crippen MR) is 57.3 cm³/mol. The van der Waals surface area contributed by atoms with Crippen LogP contribution in [-0.4, -0.2) is 18.3 Å². The van der Waals surface area contributed by atoms with Crippen molar-refractivity contribution in [2.24, 2.45) is 5.73 Å². The monoisotopic (exact) mass is 257 g/mol. The molecule has 0 saturated heterocycles. The molecule has 1 aromatic rings. The lowest BCUT2D eigenvalue weighted by atomic mass is 9.96. The largest absolute Gasteiger partial charge is 0.508 e. The maximum atomic E-state index is 9.73. The Bertz CT molecular complexity index is 354. The summed E-state index contributed by atoms with van der Waals surface area (Å²) >= 11 is 3.47. The topological polar surface area (TPSA) is 55.5 Å². The minimum atomic E-state index is -0.170. The van der Waals surface area contributed by atoms with Crippen molar-refractivity contribution in [2.75, 3.05) is 13.2 Å². The van der Waals surface area contributed by atoms with E-state index in [0.717, 1.165) is 22.0 Å². The second-order valence-corrected chi connectivity index (χ2v) is 4.16. The third-order valence-electron chi connectivity index (χ3n) is 2.48. The van der Waals surface area contributed by atoms with Gasteiger partial charge in [0.15, 0.2) is 0 Å². The number of benzene rings is 1. The van der Waals surface area contributed by atoms with Gasteiger partial charge in [0.25, 0.3) is 0 Å². The lowest BCUT2D eigenvalue weighted by Gasteiger charge is -2.26. The van der Waals surface area contributed by atoms with Crippen LogP contribution in [0.25, 0.3) is 0 Å². The van der Waals surface area contributed by atoms with Crippen molar-refractivity contribution in [3.05, 3.63) is 27.7 Å². The highest BCUT2D eigenvalue weighted by Crippen LogP contribution is 2.37. The summed E-state index contributed by atoms with van der Waals surface area (Å²) in [5, 5.41) is 9.73. The van der Waals surface area contributed by atoms with Crippen LogP contribution in [0.5, 0.6) is 5.75 Å². The summed E-state index contributed by atoms with van der Waals surface area (Å²) in [6, 6.07) is 3.52. The van der Waals surface area contributed by atoms with E-state index in [4.69, 9.17) is 10.5 Å². The van der Waals surface area contributed by atoms with E-state index in [-0.39, 0.29) is 11.9 Å². The molecule has 76 valence electrons. The number of aromatic hydroxyl groups is 1. The van der Waals surface area contributed by atoms with Gasteiger partial charge >= 0.3 is 0 Å². The van der Waals surface area contributed by atoms with E-state index in [1.54, 1.807) is 6.07 Å². The molecule has 1 atom stereocenters. The molecule has 3 nitrogen and oxygen atoms in total. The van der Waals surface area contributed by atoms with Crippen molar-refractivity contribution < 1.29 is 9.84 Å². The van der Waals surface area contributed by atoms with Gasteiger partial charge in [-0.15, -0.1) is 0 Å². The molecule has 14 heavy (non-hydrogen) atoms. The first-order chi connectivity index (χ1) is 6.74. The molecular formula is C10H12BrNO2. The minimum absolute atomic E-state index is 0.170. The first-order valence-electron chi connectivity index (χ1n) is 4.56. The third kappa shape index (κ3) is 1.54. The van der Waals surface area contributed by atoms with Crippen molar-refractivity contribution in [3.63, 3.8) is 0 Å². The Morgan fingerprint density at radius 3 is 3.07 bits per heavy atom. The van der Waals surface area contributed by atoms with Crippen molar-refractivity contribution in [3.8, 4) is 5.75 Å². The molecule has 0 aromatic heterocycles. The predicted octanol–water partition coefficient (Wildman–Crippen LogP) is 1.73. The first kappa shape index (κ1) is 9.96. The van der Waals surface area contributed by atoms with Gasteiger partial charge in [0.2, 0.25) is 0 Å². The van der Waals surface area contributed by atoms with Crippen LogP contribution in [-0.2, 0) is 11.2 Å². The molecule has 0 bridgehead atoms. The van der Waals surface area contributed by atoms with Gasteiger partial charge in [-0.05, 0) is 24.1 Å². The van der Waals surface area contributed by atoms with Gasteiger partial charge in [-0.25, -0.2) is 0 Å². The van der Waals surface area contributed by atoms with E-state index in [1.807, 2.05) is 6.07 Å². The van der Waals surface area contributed by atoms with Crippen LogP contribution in [0, 0.1) is 0 Å². The second-order valence-electron chi connectivity index (χ2n) is 3.30. The fourth-order valence-corrected chi connectivity index (χ4v) is 2.36. The summed E-state index contributed by atoms with van der Waals surface area (Å²) in [7, 11) is 0. The van der Waals surface area contributed by atoms with Gasteiger partial charge in [0.05, 0.1) is 12.7 Å². The minimum Gasteiger partial charge on any atom is -0.508 e. The maximum absolute atomic E-state index is 9.73. The Morgan fingerprint density at radius 2 is 2.36 bits per heavy atom. The van der Waals surface area contributed by atoms with Crippen molar-refractivity contribution in [1.82, 2.24) is 0 Å². The molecule has 2 rings (SSSR count). The van der Waals surface area contributed by atoms with Gasteiger partial charge in [-0.1, -0.05) is 15.9 Å². The van der Waals surface area contributed by atoms with E-state index in [2.05, 4.69) is 15.9 Å².